The summed E-state index contributed by atoms with van der Waals surface area (Å²) in [5, 5.41) is 0.0741. The monoisotopic (exact) mass is 294 g/mol. The lowest BCUT2D eigenvalue weighted by Gasteiger charge is -2.02. The Labute approximate surface area is 95.3 Å². The lowest BCUT2D eigenvalue weighted by Crippen LogP contribution is -2.05. The second kappa shape index (κ2) is 4.40. The molecule has 1 aromatic rings. The standard InChI is InChI=1S/C9H8BrFO3S/c1-15(13,14)9-3-2-6(4-7(9)11)8(12)5-10/h2-4H,5H2,1H3. The predicted octanol–water partition coefficient (Wildman–Crippen LogP) is 1.81. The lowest BCUT2D eigenvalue weighted by atomic mass is 10.1. The van der Waals surface area contributed by atoms with Crippen molar-refractivity contribution < 1.29 is 17.6 Å². The number of sulfone groups is 1. The van der Waals surface area contributed by atoms with Gasteiger partial charge in [0.05, 0.1) is 5.33 Å². The zero-order chi connectivity index (χ0) is 11.6. The molecular formula is C9H8BrFO3S. The zero-order valence-corrected chi connectivity index (χ0v) is 10.2. The molecule has 0 bridgehead atoms. The molecule has 0 amide bonds. The molecule has 0 aliphatic rings. The molecule has 0 fully saturated rings. The van der Waals surface area contributed by atoms with Gasteiger partial charge in [-0.15, -0.1) is 0 Å². The number of hydrogen-bond donors (Lipinski definition) is 0. The van der Waals surface area contributed by atoms with Gasteiger partial charge in [-0.25, -0.2) is 12.8 Å². The summed E-state index contributed by atoms with van der Waals surface area (Å²) < 4.78 is 35.4. The minimum atomic E-state index is -3.58. The highest BCUT2D eigenvalue weighted by molar-refractivity contribution is 9.09. The number of hydrogen-bond acceptors (Lipinski definition) is 3. The molecule has 0 radical (unpaired) electrons. The number of carbonyl (C=O) groups is 1. The first-order chi connectivity index (χ1) is 6.86. The maximum absolute atomic E-state index is 13.3. The minimum absolute atomic E-state index is 0.0741. The van der Waals surface area contributed by atoms with Crippen molar-refractivity contribution in [3.8, 4) is 0 Å². The fourth-order valence-electron chi connectivity index (χ4n) is 1.05. The normalized spacial score (nSPS) is 11.4. The van der Waals surface area contributed by atoms with E-state index >= 15 is 0 Å². The molecular weight excluding hydrogens is 287 g/mol. The first-order valence-corrected chi connectivity index (χ1v) is 6.96. The molecule has 1 aromatic carbocycles. The fraction of sp³-hybridized carbons (Fsp3) is 0.222. The molecule has 82 valence electrons. The van der Waals surface area contributed by atoms with Crippen LogP contribution < -0.4 is 0 Å². The fourth-order valence-corrected chi connectivity index (χ4v) is 2.10. The molecule has 0 heterocycles. The van der Waals surface area contributed by atoms with E-state index in [1.807, 2.05) is 0 Å². The summed E-state index contributed by atoms with van der Waals surface area (Å²) in [4.78, 5) is 10.8. The molecule has 6 heteroatoms. The molecule has 0 saturated carbocycles. The van der Waals surface area contributed by atoms with Crippen LogP contribution >= 0.6 is 15.9 Å². The molecule has 0 spiro atoms. The van der Waals surface area contributed by atoms with Crippen LogP contribution in [0.1, 0.15) is 10.4 Å². The number of Topliss-reactive ketones (excluding diaryl/α,β-unsaturated/α-hetero) is 1. The number of halogens is 2. The summed E-state index contributed by atoms with van der Waals surface area (Å²) >= 11 is 2.94. The van der Waals surface area contributed by atoms with E-state index in [1.54, 1.807) is 0 Å². The third kappa shape index (κ3) is 2.85. The van der Waals surface area contributed by atoms with Crippen molar-refractivity contribution >= 4 is 31.6 Å². The number of alkyl halides is 1. The van der Waals surface area contributed by atoms with Gasteiger partial charge >= 0.3 is 0 Å². The molecule has 15 heavy (non-hydrogen) atoms. The van der Waals surface area contributed by atoms with Crippen molar-refractivity contribution in [1.29, 1.82) is 0 Å². The van der Waals surface area contributed by atoms with Crippen LogP contribution in [0.3, 0.4) is 0 Å². The number of ketones is 1. The average molecular weight is 295 g/mol. The van der Waals surface area contributed by atoms with Crippen molar-refractivity contribution in [3.05, 3.63) is 29.6 Å². The highest BCUT2D eigenvalue weighted by atomic mass is 79.9. The van der Waals surface area contributed by atoms with Crippen LogP contribution in [0, 0.1) is 5.82 Å². The molecule has 0 aliphatic heterocycles. The average Bonchev–Trinajstić information content (AvgIpc) is 2.14. The minimum Gasteiger partial charge on any atom is -0.293 e. The molecule has 0 N–H and O–H groups in total. The van der Waals surface area contributed by atoms with Crippen molar-refractivity contribution in [2.24, 2.45) is 0 Å². The number of benzene rings is 1. The predicted molar refractivity (Wildman–Crippen MR) is 57.6 cm³/mol. The SMILES string of the molecule is CS(=O)(=O)c1ccc(C(=O)CBr)cc1F. The quantitative estimate of drug-likeness (QED) is 0.631. The van der Waals surface area contributed by atoms with Gasteiger partial charge in [-0.05, 0) is 18.2 Å². The van der Waals surface area contributed by atoms with Crippen LogP contribution in [-0.4, -0.2) is 25.8 Å². The van der Waals surface area contributed by atoms with Crippen LogP contribution in [-0.2, 0) is 9.84 Å². The number of rotatable bonds is 3. The summed E-state index contributed by atoms with van der Waals surface area (Å²) in [6, 6.07) is 3.32. The lowest BCUT2D eigenvalue weighted by molar-refractivity contribution is 0.102. The highest BCUT2D eigenvalue weighted by Crippen LogP contribution is 2.16. The van der Waals surface area contributed by atoms with Crippen LogP contribution in [0.2, 0.25) is 0 Å². The Morgan fingerprint density at radius 1 is 1.47 bits per heavy atom. The molecule has 0 atom stereocenters. The molecule has 1 rings (SSSR count). The number of carbonyl (C=O) groups excluding carboxylic acids is 1. The van der Waals surface area contributed by atoms with Crippen molar-refractivity contribution in [2.75, 3.05) is 11.6 Å². The van der Waals surface area contributed by atoms with Crippen molar-refractivity contribution in [3.63, 3.8) is 0 Å². The van der Waals surface area contributed by atoms with E-state index in [4.69, 9.17) is 0 Å². The van der Waals surface area contributed by atoms with Crippen molar-refractivity contribution in [1.82, 2.24) is 0 Å². The largest absolute Gasteiger partial charge is 0.293 e. The van der Waals surface area contributed by atoms with Gasteiger partial charge < -0.3 is 0 Å². The van der Waals surface area contributed by atoms with Gasteiger partial charge in [-0.1, -0.05) is 15.9 Å². The highest BCUT2D eigenvalue weighted by Gasteiger charge is 2.15. The molecule has 0 aliphatic carbocycles. The smallest absolute Gasteiger partial charge is 0.178 e. The molecule has 0 unspecified atom stereocenters. The maximum atomic E-state index is 13.3. The molecule has 0 saturated heterocycles. The van der Waals surface area contributed by atoms with Gasteiger partial charge in [0.2, 0.25) is 0 Å². The van der Waals surface area contributed by atoms with E-state index in [1.165, 1.54) is 6.07 Å². The second-order valence-corrected chi connectivity index (χ2v) is 5.52. The van der Waals surface area contributed by atoms with E-state index in [0.29, 0.717) is 0 Å². The van der Waals surface area contributed by atoms with Crippen LogP contribution in [0.25, 0.3) is 0 Å². The van der Waals surface area contributed by atoms with Gasteiger partial charge in [-0.2, -0.15) is 0 Å². The van der Waals surface area contributed by atoms with E-state index in [0.717, 1.165) is 18.4 Å². The van der Waals surface area contributed by atoms with Crippen LogP contribution in [0.5, 0.6) is 0 Å². The second-order valence-electron chi connectivity index (χ2n) is 2.97. The van der Waals surface area contributed by atoms with Gasteiger partial charge in [0.15, 0.2) is 15.6 Å². The Bertz CT molecular complexity index is 496. The summed E-state index contributed by atoms with van der Waals surface area (Å²) in [6.07, 6.45) is 0.914. The van der Waals surface area contributed by atoms with E-state index in [2.05, 4.69) is 15.9 Å². The van der Waals surface area contributed by atoms with Gasteiger partial charge in [0, 0.05) is 11.8 Å². The summed E-state index contributed by atoms with van der Waals surface area (Å²) in [5.74, 6) is -1.20. The maximum Gasteiger partial charge on any atom is 0.178 e. The van der Waals surface area contributed by atoms with Crippen molar-refractivity contribution in [2.45, 2.75) is 4.90 Å². The Morgan fingerprint density at radius 2 is 2.07 bits per heavy atom. The Morgan fingerprint density at radius 3 is 2.47 bits per heavy atom. The third-order valence-corrected chi connectivity index (χ3v) is 3.41. The van der Waals surface area contributed by atoms with Crippen LogP contribution in [0.15, 0.2) is 23.1 Å². The Hall–Kier alpha value is -0.750. The van der Waals surface area contributed by atoms with Crippen LogP contribution in [0.4, 0.5) is 4.39 Å². The van der Waals surface area contributed by atoms with E-state index in [-0.39, 0.29) is 16.7 Å². The topological polar surface area (TPSA) is 51.2 Å². The zero-order valence-electron chi connectivity index (χ0n) is 7.83. The first kappa shape index (κ1) is 12.3. The Kier molecular flexibility index (Phi) is 3.62. The van der Waals surface area contributed by atoms with Gasteiger partial charge in [0.1, 0.15) is 10.7 Å². The van der Waals surface area contributed by atoms with Gasteiger partial charge in [-0.3, -0.25) is 4.79 Å². The Balaban J connectivity index is 3.27. The van der Waals surface area contributed by atoms with E-state index in [9.17, 15) is 17.6 Å². The summed E-state index contributed by atoms with van der Waals surface area (Å²) in [7, 11) is -3.58. The van der Waals surface area contributed by atoms with Gasteiger partial charge in [0.25, 0.3) is 0 Å². The third-order valence-electron chi connectivity index (χ3n) is 1.77. The van der Waals surface area contributed by atoms with E-state index < -0.39 is 20.5 Å². The summed E-state index contributed by atoms with van der Waals surface area (Å²) in [5.41, 5.74) is 0.150. The molecule has 3 nitrogen and oxygen atoms in total. The first-order valence-electron chi connectivity index (χ1n) is 3.95. The molecule has 0 aromatic heterocycles. The summed E-state index contributed by atoms with van der Waals surface area (Å²) in [6.45, 7) is 0.